The zero-order valence-corrected chi connectivity index (χ0v) is 13.5. The Morgan fingerprint density at radius 3 is 2.54 bits per heavy atom. The van der Waals surface area contributed by atoms with Crippen LogP contribution in [-0.4, -0.2) is 29.2 Å². The van der Waals surface area contributed by atoms with Crippen molar-refractivity contribution in [1.29, 1.82) is 0 Å². The predicted molar refractivity (Wildman–Crippen MR) is 86.9 cm³/mol. The molecule has 0 unspecified atom stereocenters. The first-order valence-corrected chi connectivity index (χ1v) is 7.53. The van der Waals surface area contributed by atoms with E-state index in [-0.39, 0.29) is 21.8 Å². The molecule has 2 aromatic rings. The molecule has 24 heavy (non-hydrogen) atoms. The second kappa shape index (κ2) is 6.22. The standard InChI is InChI=1S/C16H9Cl2FN2O3/c17-8-4-5-12(10(18)6-8)20-13(22)7-21-15(23)9-2-1-3-11(19)14(9)16(21)24/h1-6H,7H2,(H,20,22). The van der Waals surface area contributed by atoms with Crippen molar-refractivity contribution >= 4 is 46.6 Å². The first-order chi connectivity index (χ1) is 11.4. The fourth-order valence-corrected chi connectivity index (χ4v) is 2.82. The van der Waals surface area contributed by atoms with Gasteiger partial charge in [-0.15, -0.1) is 0 Å². The van der Waals surface area contributed by atoms with Crippen LogP contribution in [0.4, 0.5) is 10.1 Å². The molecule has 3 rings (SSSR count). The Balaban J connectivity index is 1.77. The lowest BCUT2D eigenvalue weighted by Crippen LogP contribution is -2.37. The van der Waals surface area contributed by atoms with E-state index in [2.05, 4.69) is 5.32 Å². The Bertz CT molecular complexity index is 886. The molecule has 1 aliphatic rings. The van der Waals surface area contributed by atoms with Crippen molar-refractivity contribution in [1.82, 2.24) is 4.90 Å². The molecule has 0 spiro atoms. The zero-order valence-electron chi connectivity index (χ0n) is 12.0. The summed E-state index contributed by atoms with van der Waals surface area (Å²) in [7, 11) is 0. The predicted octanol–water partition coefficient (Wildman–Crippen LogP) is 3.37. The Hall–Kier alpha value is -2.44. The van der Waals surface area contributed by atoms with Gasteiger partial charge in [-0.2, -0.15) is 0 Å². The molecule has 122 valence electrons. The monoisotopic (exact) mass is 366 g/mol. The lowest BCUT2D eigenvalue weighted by atomic mass is 10.1. The molecule has 1 aliphatic heterocycles. The molecule has 1 N–H and O–H groups in total. The van der Waals surface area contributed by atoms with E-state index in [9.17, 15) is 18.8 Å². The van der Waals surface area contributed by atoms with E-state index in [0.717, 1.165) is 6.07 Å². The second-order valence-electron chi connectivity index (χ2n) is 5.03. The highest BCUT2D eigenvalue weighted by Crippen LogP contribution is 2.27. The van der Waals surface area contributed by atoms with Gasteiger partial charge in [0.05, 0.1) is 21.8 Å². The summed E-state index contributed by atoms with van der Waals surface area (Å²) in [4.78, 5) is 37.1. The van der Waals surface area contributed by atoms with Crippen LogP contribution in [0.2, 0.25) is 10.0 Å². The maximum absolute atomic E-state index is 13.7. The SMILES string of the molecule is O=C(CN1C(=O)c2cccc(F)c2C1=O)Nc1ccc(Cl)cc1Cl. The Morgan fingerprint density at radius 2 is 1.88 bits per heavy atom. The van der Waals surface area contributed by atoms with Crippen LogP contribution < -0.4 is 5.32 Å². The van der Waals surface area contributed by atoms with E-state index in [4.69, 9.17) is 23.2 Å². The third kappa shape index (κ3) is 2.86. The quantitative estimate of drug-likeness (QED) is 0.846. The minimum Gasteiger partial charge on any atom is -0.323 e. The molecule has 0 bridgehead atoms. The number of carbonyl (C=O) groups excluding carboxylic acids is 3. The highest BCUT2D eigenvalue weighted by atomic mass is 35.5. The fraction of sp³-hybridized carbons (Fsp3) is 0.0625. The first kappa shape index (κ1) is 16.4. The minimum atomic E-state index is -0.842. The highest BCUT2D eigenvalue weighted by Gasteiger charge is 2.38. The number of fused-ring (bicyclic) bond motifs is 1. The maximum atomic E-state index is 13.7. The third-order valence-electron chi connectivity index (χ3n) is 3.46. The van der Waals surface area contributed by atoms with Crippen molar-refractivity contribution in [2.24, 2.45) is 0 Å². The molecule has 0 aliphatic carbocycles. The molecule has 2 aromatic carbocycles. The molecule has 1 heterocycles. The number of hydrogen-bond donors (Lipinski definition) is 1. The molecule has 0 aromatic heterocycles. The number of nitrogens with one attached hydrogen (secondary N) is 1. The topological polar surface area (TPSA) is 66.5 Å². The summed E-state index contributed by atoms with van der Waals surface area (Å²) in [6.07, 6.45) is 0. The number of nitrogens with zero attached hydrogens (tertiary/aromatic N) is 1. The van der Waals surface area contributed by atoms with Gasteiger partial charge in [0.25, 0.3) is 11.8 Å². The average Bonchev–Trinajstić information content (AvgIpc) is 2.76. The van der Waals surface area contributed by atoms with Gasteiger partial charge in [0.15, 0.2) is 0 Å². The normalized spacial score (nSPS) is 13.2. The Morgan fingerprint density at radius 1 is 1.12 bits per heavy atom. The number of carbonyl (C=O) groups is 3. The lowest BCUT2D eigenvalue weighted by molar-refractivity contribution is -0.116. The van der Waals surface area contributed by atoms with Crippen LogP contribution in [0.15, 0.2) is 36.4 Å². The second-order valence-corrected chi connectivity index (χ2v) is 5.87. The first-order valence-electron chi connectivity index (χ1n) is 6.78. The molecular formula is C16H9Cl2FN2O3. The highest BCUT2D eigenvalue weighted by molar-refractivity contribution is 6.36. The van der Waals surface area contributed by atoms with Crippen molar-refractivity contribution < 1.29 is 18.8 Å². The molecule has 0 fully saturated rings. The van der Waals surface area contributed by atoms with E-state index in [1.54, 1.807) is 0 Å². The fourth-order valence-electron chi connectivity index (χ4n) is 2.36. The number of rotatable bonds is 3. The minimum absolute atomic E-state index is 0.0580. The van der Waals surface area contributed by atoms with Gasteiger partial charge in [0.1, 0.15) is 12.4 Å². The van der Waals surface area contributed by atoms with Crippen LogP contribution in [0.3, 0.4) is 0 Å². The van der Waals surface area contributed by atoms with E-state index >= 15 is 0 Å². The van der Waals surface area contributed by atoms with Crippen molar-refractivity contribution in [3.8, 4) is 0 Å². The lowest BCUT2D eigenvalue weighted by Gasteiger charge is -2.14. The summed E-state index contributed by atoms with van der Waals surface area (Å²) >= 11 is 11.7. The largest absolute Gasteiger partial charge is 0.323 e. The van der Waals surface area contributed by atoms with Crippen molar-refractivity contribution in [2.75, 3.05) is 11.9 Å². The summed E-state index contributed by atoms with van der Waals surface area (Å²) in [6.45, 7) is -0.551. The van der Waals surface area contributed by atoms with Crippen molar-refractivity contribution in [2.45, 2.75) is 0 Å². The van der Waals surface area contributed by atoms with Gasteiger partial charge >= 0.3 is 0 Å². The van der Waals surface area contributed by atoms with E-state index in [1.807, 2.05) is 0 Å². The summed E-state index contributed by atoms with van der Waals surface area (Å²) in [5.74, 6) is -3.00. The van der Waals surface area contributed by atoms with Crippen LogP contribution in [0.25, 0.3) is 0 Å². The molecule has 5 nitrogen and oxygen atoms in total. The van der Waals surface area contributed by atoms with Gasteiger partial charge in [-0.1, -0.05) is 29.3 Å². The molecule has 8 heteroatoms. The van der Waals surface area contributed by atoms with E-state index < -0.39 is 30.1 Å². The van der Waals surface area contributed by atoms with Crippen LogP contribution in [0.1, 0.15) is 20.7 Å². The zero-order chi connectivity index (χ0) is 17.4. The van der Waals surface area contributed by atoms with E-state index in [1.165, 1.54) is 30.3 Å². The van der Waals surface area contributed by atoms with Gasteiger partial charge in [-0.05, 0) is 30.3 Å². The molecule has 0 radical (unpaired) electrons. The summed E-state index contributed by atoms with van der Waals surface area (Å²) in [6, 6.07) is 8.21. The number of benzene rings is 2. The number of imide groups is 1. The number of anilines is 1. The molecule has 0 atom stereocenters. The third-order valence-corrected chi connectivity index (χ3v) is 4.00. The van der Waals surface area contributed by atoms with E-state index in [0.29, 0.717) is 9.92 Å². The summed E-state index contributed by atoms with van der Waals surface area (Å²) in [5.41, 5.74) is -0.0917. The van der Waals surface area contributed by atoms with Crippen LogP contribution in [0.5, 0.6) is 0 Å². The smallest absolute Gasteiger partial charge is 0.265 e. The van der Waals surface area contributed by atoms with Crippen LogP contribution in [-0.2, 0) is 4.79 Å². The number of halogens is 3. The Labute approximate surface area is 146 Å². The van der Waals surface area contributed by atoms with Gasteiger partial charge < -0.3 is 5.32 Å². The van der Waals surface area contributed by atoms with Crippen molar-refractivity contribution in [3.05, 3.63) is 63.4 Å². The van der Waals surface area contributed by atoms with Crippen LogP contribution in [0, 0.1) is 5.82 Å². The maximum Gasteiger partial charge on any atom is 0.265 e. The summed E-state index contributed by atoms with van der Waals surface area (Å²) in [5, 5.41) is 3.09. The van der Waals surface area contributed by atoms with Gasteiger partial charge in [-0.25, -0.2) is 4.39 Å². The number of hydrogen-bond acceptors (Lipinski definition) is 3. The van der Waals surface area contributed by atoms with Crippen LogP contribution >= 0.6 is 23.2 Å². The van der Waals surface area contributed by atoms with Gasteiger partial charge in [0, 0.05) is 5.02 Å². The number of amides is 3. The molecule has 0 saturated carbocycles. The molecule has 3 amide bonds. The summed E-state index contributed by atoms with van der Waals surface area (Å²) < 4.78 is 13.7. The van der Waals surface area contributed by atoms with Gasteiger partial charge in [0.2, 0.25) is 5.91 Å². The Kier molecular flexibility index (Phi) is 4.26. The van der Waals surface area contributed by atoms with Crippen molar-refractivity contribution in [3.63, 3.8) is 0 Å². The average molecular weight is 367 g/mol. The molecule has 0 saturated heterocycles. The van der Waals surface area contributed by atoms with Gasteiger partial charge in [-0.3, -0.25) is 19.3 Å². The molecular weight excluding hydrogens is 358 g/mol.